The molecule has 0 bridgehead atoms. The minimum atomic E-state index is -3.01. The molecule has 14 rings (SSSR count). The molecule has 7 heteroatoms. The quantitative estimate of drug-likeness (QED) is 0.162. The third kappa shape index (κ3) is 4.70. The SMILES string of the molecule is c1ccc([Si]2(c3ccccc3)c3ccccc3-n3c4ccccc4c4cc(-c5nc(-n6c7ccccc7c7ccccc76)nc(-n6c7ccccc7c7ccccc76)n5)cc2c43)cc1. The number of nitrogens with zero attached hydrogens (tertiary/aromatic N) is 6. The predicted octanol–water partition coefficient (Wildman–Crippen LogP) is 10.5. The van der Waals surface area contributed by atoms with E-state index in [4.69, 9.17) is 15.0 Å². The third-order valence-corrected chi connectivity index (χ3v) is 18.4. The lowest BCUT2D eigenvalue weighted by Gasteiger charge is -2.40. The Morgan fingerprint density at radius 1 is 0.312 bits per heavy atom. The van der Waals surface area contributed by atoms with E-state index < -0.39 is 8.07 Å². The fourth-order valence-corrected chi connectivity index (χ4v) is 16.2. The molecule has 64 heavy (non-hydrogen) atoms. The zero-order valence-corrected chi connectivity index (χ0v) is 35.5. The van der Waals surface area contributed by atoms with Gasteiger partial charge in [0.25, 0.3) is 0 Å². The van der Waals surface area contributed by atoms with E-state index in [2.05, 4.69) is 232 Å². The molecular formula is C57H36N6Si. The minimum Gasteiger partial charge on any atom is -0.309 e. The molecular weight excluding hydrogens is 797 g/mol. The zero-order valence-electron chi connectivity index (χ0n) is 34.5. The molecule has 0 atom stereocenters. The Morgan fingerprint density at radius 3 is 1.19 bits per heavy atom. The molecule has 298 valence electrons. The largest absolute Gasteiger partial charge is 0.309 e. The van der Waals surface area contributed by atoms with Crippen molar-refractivity contribution in [1.82, 2.24) is 28.7 Å². The molecule has 9 aromatic carbocycles. The normalized spacial score (nSPS) is 13.1. The molecule has 0 saturated heterocycles. The molecule has 0 aliphatic carbocycles. The van der Waals surface area contributed by atoms with E-state index in [1.807, 2.05) is 0 Å². The molecule has 0 N–H and O–H groups in total. The van der Waals surface area contributed by atoms with Crippen molar-refractivity contribution in [2.75, 3.05) is 0 Å². The van der Waals surface area contributed by atoms with Crippen molar-refractivity contribution >= 4 is 94.2 Å². The highest BCUT2D eigenvalue weighted by molar-refractivity contribution is 7.21. The van der Waals surface area contributed by atoms with Gasteiger partial charge in [0.1, 0.15) is 0 Å². The highest BCUT2D eigenvalue weighted by Gasteiger charge is 2.48. The van der Waals surface area contributed by atoms with Crippen LogP contribution in [0.4, 0.5) is 0 Å². The Morgan fingerprint density at radius 2 is 0.703 bits per heavy atom. The number of fused-ring (bicyclic) bond motifs is 11. The first-order valence-corrected chi connectivity index (χ1v) is 23.8. The monoisotopic (exact) mass is 832 g/mol. The van der Waals surface area contributed by atoms with Gasteiger partial charge >= 0.3 is 0 Å². The average molecular weight is 833 g/mol. The fraction of sp³-hybridized carbons (Fsp3) is 0. The summed E-state index contributed by atoms with van der Waals surface area (Å²) < 4.78 is 6.94. The Hall–Kier alpha value is -8.39. The van der Waals surface area contributed by atoms with Crippen LogP contribution in [0.25, 0.3) is 94.4 Å². The van der Waals surface area contributed by atoms with E-state index in [-0.39, 0.29) is 0 Å². The summed E-state index contributed by atoms with van der Waals surface area (Å²) in [6.45, 7) is 0. The second-order valence-corrected chi connectivity index (χ2v) is 20.5. The van der Waals surface area contributed by atoms with Gasteiger partial charge in [-0.1, -0.05) is 170 Å². The standard InChI is InChI=1S/C57H36N6Si/c1-3-19-38(20-4-1)64(39-21-5-2-6-22-39)52-34-18-17-33-51(52)61-46-28-12-11-27-44(46)45-35-37(36-53(64)54(45)61)55-58-56(62-47-29-13-7-23-40(47)41-24-8-14-30-48(41)62)60-57(59-55)63-49-31-15-9-25-42(49)43-26-10-16-32-50(43)63/h1-36H. The minimum absolute atomic E-state index is 0.565. The van der Waals surface area contributed by atoms with Crippen molar-refractivity contribution < 1.29 is 0 Å². The van der Waals surface area contributed by atoms with Gasteiger partial charge in [-0.05, 0) is 69.3 Å². The maximum atomic E-state index is 5.58. The number of aromatic nitrogens is 6. The Bertz CT molecular complexity index is 3750. The van der Waals surface area contributed by atoms with Crippen molar-refractivity contribution in [3.8, 4) is 29.0 Å². The molecule has 4 aromatic heterocycles. The van der Waals surface area contributed by atoms with Crippen molar-refractivity contribution in [2.45, 2.75) is 0 Å². The zero-order chi connectivity index (χ0) is 41.9. The molecule has 1 aliphatic heterocycles. The van der Waals surface area contributed by atoms with Crippen LogP contribution in [0.3, 0.4) is 0 Å². The van der Waals surface area contributed by atoms with E-state index in [1.54, 1.807) is 0 Å². The van der Waals surface area contributed by atoms with E-state index >= 15 is 0 Å². The Kier molecular flexibility index (Phi) is 7.32. The first-order chi connectivity index (χ1) is 31.8. The highest BCUT2D eigenvalue weighted by Crippen LogP contribution is 2.39. The van der Waals surface area contributed by atoms with Gasteiger partial charge in [0.2, 0.25) is 11.9 Å². The van der Waals surface area contributed by atoms with Crippen LogP contribution in [0.15, 0.2) is 218 Å². The third-order valence-electron chi connectivity index (χ3n) is 13.6. The summed E-state index contributed by atoms with van der Waals surface area (Å²) >= 11 is 0. The smallest absolute Gasteiger partial charge is 0.240 e. The summed E-state index contributed by atoms with van der Waals surface area (Å²) in [6.07, 6.45) is 0. The van der Waals surface area contributed by atoms with E-state index in [0.29, 0.717) is 17.7 Å². The maximum absolute atomic E-state index is 5.58. The topological polar surface area (TPSA) is 53.5 Å². The number of benzene rings is 9. The molecule has 0 amide bonds. The van der Waals surface area contributed by atoms with E-state index in [9.17, 15) is 0 Å². The predicted molar refractivity (Wildman–Crippen MR) is 265 cm³/mol. The van der Waals surface area contributed by atoms with Crippen LogP contribution < -0.4 is 20.7 Å². The van der Waals surface area contributed by atoms with Gasteiger partial charge in [-0.2, -0.15) is 15.0 Å². The summed E-state index contributed by atoms with van der Waals surface area (Å²) in [7, 11) is -3.01. The van der Waals surface area contributed by atoms with Crippen molar-refractivity contribution in [1.29, 1.82) is 0 Å². The number of rotatable bonds is 5. The first kappa shape index (κ1) is 35.2. The van der Waals surface area contributed by atoms with Crippen LogP contribution in [0, 0.1) is 0 Å². The second-order valence-electron chi connectivity index (χ2n) is 16.8. The molecule has 0 radical (unpaired) electrons. The Labute approximate surface area is 368 Å². The summed E-state index contributed by atoms with van der Waals surface area (Å²) in [6, 6.07) is 79.3. The van der Waals surface area contributed by atoms with E-state index in [0.717, 1.165) is 49.2 Å². The molecule has 0 unspecified atom stereocenters. The van der Waals surface area contributed by atoms with Crippen molar-refractivity contribution in [3.63, 3.8) is 0 Å². The van der Waals surface area contributed by atoms with Gasteiger partial charge in [-0.25, -0.2) is 0 Å². The lowest BCUT2D eigenvalue weighted by molar-refractivity contribution is 0.893. The first-order valence-electron chi connectivity index (χ1n) is 21.8. The van der Waals surface area contributed by atoms with Crippen molar-refractivity contribution in [3.05, 3.63) is 218 Å². The number of para-hydroxylation sites is 6. The average Bonchev–Trinajstić information content (AvgIpc) is 4.01. The van der Waals surface area contributed by atoms with Gasteiger partial charge < -0.3 is 4.57 Å². The molecule has 6 nitrogen and oxygen atoms in total. The van der Waals surface area contributed by atoms with Crippen molar-refractivity contribution in [2.24, 2.45) is 0 Å². The lowest BCUT2D eigenvalue weighted by Crippen LogP contribution is -2.76. The lowest BCUT2D eigenvalue weighted by atomic mass is 10.1. The molecule has 0 fully saturated rings. The highest BCUT2D eigenvalue weighted by atomic mass is 28.3. The summed E-state index contributed by atoms with van der Waals surface area (Å²) in [4.78, 5) is 16.6. The number of hydrogen-bond donors (Lipinski definition) is 0. The summed E-state index contributed by atoms with van der Waals surface area (Å²) in [5, 5.41) is 12.3. The van der Waals surface area contributed by atoms with Gasteiger partial charge in [-0.15, -0.1) is 0 Å². The molecule has 0 spiro atoms. The van der Waals surface area contributed by atoms with Gasteiger partial charge in [-0.3, -0.25) is 9.13 Å². The van der Waals surface area contributed by atoms with Crippen LogP contribution in [0.1, 0.15) is 0 Å². The summed E-state index contributed by atoms with van der Waals surface area (Å²) in [5.41, 5.74) is 8.76. The van der Waals surface area contributed by atoms with E-state index in [1.165, 1.54) is 48.2 Å². The van der Waals surface area contributed by atoms with Crippen LogP contribution in [0.2, 0.25) is 0 Å². The summed E-state index contributed by atoms with van der Waals surface area (Å²) in [5.74, 6) is 1.74. The fourth-order valence-electron chi connectivity index (χ4n) is 11.0. The molecule has 1 aliphatic rings. The molecule has 13 aromatic rings. The molecule has 0 saturated carbocycles. The number of hydrogen-bond acceptors (Lipinski definition) is 3. The second kappa shape index (κ2) is 13.3. The maximum Gasteiger partial charge on any atom is 0.240 e. The van der Waals surface area contributed by atoms with Gasteiger partial charge in [0.15, 0.2) is 13.9 Å². The Balaban J connectivity index is 1.16. The van der Waals surface area contributed by atoms with Crippen LogP contribution in [-0.4, -0.2) is 36.7 Å². The van der Waals surface area contributed by atoms with Gasteiger partial charge in [0, 0.05) is 43.6 Å². The van der Waals surface area contributed by atoms with Crippen LogP contribution >= 0.6 is 0 Å². The van der Waals surface area contributed by atoms with Gasteiger partial charge in [0.05, 0.1) is 33.1 Å². The van der Waals surface area contributed by atoms with Crippen LogP contribution in [-0.2, 0) is 0 Å². The molecule has 5 heterocycles. The van der Waals surface area contributed by atoms with Crippen LogP contribution in [0.5, 0.6) is 0 Å².